The average molecular weight is 228 g/mol. The van der Waals surface area contributed by atoms with E-state index in [-0.39, 0.29) is 12.0 Å². The van der Waals surface area contributed by atoms with Crippen LogP contribution in [0, 0.1) is 5.92 Å². The van der Waals surface area contributed by atoms with Gasteiger partial charge in [-0.15, -0.1) is 0 Å². The maximum atomic E-state index is 12.2. The maximum absolute atomic E-state index is 12.2. The highest BCUT2D eigenvalue weighted by molar-refractivity contribution is 7.99. The lowest BCUT2D eigenvalue weighted by atomic mass is 9.85. The van der Waals surface area contributed by atoms with E-state index in [0.717, 1.165) is 50.3 Å². The van der Waals surface area contributed by atoms with Crippen LogP contribution in [0.2, 0.25) is 0 Å². The molecule has 0 spiro atoms. The normalized spacial score (nSPS) is 32.7. The molecule has 1 aliphatic heterocycles. The van der Waals surface area contributed by atoms with Crippen LogP contribution in [0.1, 0.15) is 25.7 Å². The highest BCUT2D eigenvalue weighted by atomic mass is 32.2. The van der Waals surface area contributed by atoms with Crippen LogP contribution in [0.25, 0.3) is 0 Å². The average Bonchev–Trinajstić information content (AvgIpc) is 2.29. The smallest absolute Gasteiger partial charge is 0.225 e. The van der Waals surface area contributed by atoms with Gasteiger partial charge in [0.15, 0.2) is 0 Å². The third kappa shape index (κ3) is 2.88. The Morgan fingerprint density at radius 3 is 2.67 bits per heavy atom. The minimum atomic E-state index is 0.219. The molecule has 0 aromatic heterocycles. The fourth-order valence-electron chi connectivity index (χ4n) is 2.49. The number of nitrogens with two attached hydrogens (primary N) is 1. The lowest BCUT2D eigenvalue weighted by Crippen LogP contribution is -2.44. The predicted molar refractivity (Wildman–Crippen MR) is 63.8 cm³/mol. The van der Waals surface area contributed by atoms with Gasteiger partial charge in [0.25, 0.3) is 0 Å². The summed E-state index contributed by atoms with van der Waals surface area (Å²) in [6, 6.07) is 0.256. The van der Waals surface area contributed by atoms with Gasteiger partial charge in [0.2, 0.25) is 5.91 Å². The molecule has 1 saturated heterocycles. The van der Waals surface area contributed by atoms with Crippen LogP contribution < -0.4 is 5.73 Å². The third-order valence-electron chi connectivity index (χ3n) is 3.39. The summed E-state index contributed by atoms with van der Waals surface area (Å²) in [4.78, 5) is 14.2. The van der Waals surface area contributed by atoms with Gasteiger partial charge in [0, 0.05) is 36.6 Å². The van der Waals surface area contributed by atoms with Crippen molar-refractivity contribution in [3.63, 3.8) is 0 Å². The van der Waals surface area contributed by atoms with E-state index < -0.39 is 0 Å². The Kier molecular flexibility index (Phi) is 3.92. The first kappa shape index (κ1) is 11.3. The minimum absolute atomic E-state index is 0.219. The van der Waals surface area contributed by atoms with Crippen molar-refractivity contribution in [1.82, 2.24) is 4.90 Å². The third-order valence-corrected chi connectivity index (χ3v) is 4.33. The molecule has 2 aliphatic rings. The summed E-state index contributed by atoms with van der Waals surface area (Å²) in [6.45, 7) is 1.88. The van der Waals surface area contributed by atoms with Crippen LogP contribution in [-0.2, 0) is 4.79 Å². The molecule has 0 aromatic carbocycles. The number of carbonyl (C=O) groups is 1. The summed E-state index contributed by atoms with van der Waals surface area (Å²) in [6.07, 6.45) is 4.18. The van der Waals surface area contributed by atoms with Crippen LogP contribution in [-0.4, -0.2) is 41.4 Å². The fraction of sp³-hybridized carbons (Fsp3) is 0.909. The summed E-state index contributed by atoms with van der Waals surface area (Å²) >= 11 is 1.94. The van der Waals surface area contributed by atoms with E-state index in [0.29, 0.717) is 5.91 Å². The summed E-state index contributed by atoms with van der Waals surface area (Å²) < 4.78 is 0. The summed E-state index contributed by atoms with van der Waals surface area (Å²) in [5.41, 5.74) is 5.92. The van der Waals surface area contributed by atoms with Crippen molar-refractivity contribution in [1.29, 1.82) is 0 Å². The molecule has 1 amide bonds. The Hall–Kier alpha value is -0.220. The van der Waals surface area contributed by atoms with Crippen LogP contribution in [0.15, 0.2) is 0 Å². The fourth-order valence-corrected chi connectivity index (χ4v) is 3.40. The minimum Gasteiger partial charge on any atom is -0.341 e. The van der Waals surface area contributed by atoms with Gasteiger partial charge in [0.05, 0.1) is 0 Å². The largest absolute Gasteiger partial charge is 0.341 e. The van der Waals surface area contributed by atoms with Crippen molar-refractivity contribution in [3.05, 3.63) is 0 Å². The molecule has 4 heteroatoms. The van der Waals surface area contributed by atoms with Gasteiger partial charge in [-0.3, -0.25) is 4.79 Å². The number of hydrogen-bond acceptors (Lipinski definition) is 3. The standard InChI is InChI=1S/C11H20N2OS/c12-10-3-1-2-9(8-10)11(14)13-4-6-15-7-5-13/h9-10H,1-8,12H2. The van der Waals surface area contributed by atoms with Gasteiger partial charge >= 0.3 is 0 Å². The van der Waals surface area contributed by atoms with Gasteiger partial charge in [-0.1, -0.05) is 6.42 Å². The molecule has 2 atom stereocenters. The summed E-state index contributed by atoms with van der Waals surface area (Å²) in [5.74, 6) is 2.79. The number of thioether (sulfide) groups is 1. The first-order valence-corrected chi connectivity index (χ1v) is 7.05. The topological polar surface area (TPSA) is 46.3 Å². The van der Waals surface area contributed by atoms with E-state index in [9.17, 15) is 4.79 Å². The van der Waals surface area contributed by atoms with E-state index in [1.54, 1.807) is 0 Å². The molecule has 2 N–H and O–H groups in total. The van der Waals surface area contributed by atoms with Gasteiger partial charge in [-0.2, -0.15) is 11.8 Å². The van der Waals surface area contributed by atoms with Crippen molar-refractivity contribution in [2.75, 3.05) is 24.6 Å². The monoisotopic (exact) mass is 228 g/mol. The second-order valence-electron chi connectivity index (χ2n) is 4.56. The summed E-state index contributed by atoms with van der Waals surface area (Å²) in [5, 5.41) is 0. The van der Waals surface area contributed by atoms with Crippen molar-refractivity contribution in [2.24, 2.45) is 11.7 Å². The first-order chi connectivity index (χ1) is 7.27. The lowest BCUT2D eigenvalue weighted by molar-refractivity contribution is -0.136. The Morgan fingerprint density at radius 1 is 1.27 bits per heavy atom. The molecule has 86 valence electrons. The van der Waals surface area contributed by atoms with E-state index >= 15 is 0 Å². The zero-order valence-electron chi connectivity index (χ0n) is 9.15. The van der Waals surface area contributed by atoms with Crippen LogP contribution >= 0.6 is 11.8 Å². The molecular weight excluding hydrogens is 208 g/mol. The number of amides is 1. The number of carbonyl (C=O) groups excluding carboxylic acids is 1. The molecule has 1 saturated carbocycles. The molecule has 1 heterocycles. The first-order valence-electron chi connectivity index (χ1n) is 5.89. The number of nitrogens with zero attached hydrogens (tertiary/aromatic N) is 1. The molecule has 1 aliphatic carbocycles. The molecule has 2 rings (SSSR count). The van der Waals surface area contributed by atoms with Gasteiger partial charge in [-0.25, -0.2) is 0 Å². The van der Waals surface area contributed by atoms with Gasteiger partial charge in [0.1, 0.15) is 0 Å². The van der Waals surface area contributed by atoms with Crippen molar-refractivity contribution in [2.45, 2.75) is 31.7 Å². The lowest BCUT2D eigenvalue weighted by Gasteiger charge is -2.33. The highest BCUT2D eigenvalue weighted by Gasteiger charge is 2.29. The van der Waals surface area contributed by atoms with E-state index in [2.05, 4.69) is 0 Å². The molecule has 2 unspecified atom stereocenters. The molecule has 3 nitrogen and oxygen atoms in total. The second-order valence-corrected chi connectivity index (χ2v) is 5.79. The Morgan fingerprint density at radius 2 is 2.00 bits per heavy atom. The van der Waals surface area contributed by atoms with Gasteiger partial charge < -0.3 is 10.6 Å². The second kappa shape index (κ2) is 5.21. The Bertz CT molecular complexity index is 229. The highest BCUT2D eigenvalue weighted by Crippen LogP contribution is 2.25. The van der Waals surface area contributed by atoms with E-state index in [1.807, 2.05) is 16.7 Å². The number of hydrogen-bond donors (Lipinski definition) is 1. The maximum Gasteiger partial charge on any atom is 0.225 e. The van der Waals surface area contributed by atoms with Crippen molar-refractivity contribution >= 4 is 17.7 Å². The molecule has 0 bridgehead atoms. The summed E-state index contributed by atoms with van der Waals surface area (Å²) in [7, 11) is 0. The van der Waals surface area contributed by atoms with Crippen LogP contribution in [0.3, 0.4) is 0 Å². The molecule has 0 radical (unpaired) electrons. The van der Waals surface area contributed by atoms with E-state index in [4.69, 9.17) is 5.73 Å². The number of rotatable bonds is 1. The zero-order valence-corrected chi connectivity index (χ0v) is 9.97. The molecule has 0 aromatic rings. The van der Waals surface area contributed by atoms with Gasteiger partial charge in [-0.05, 0) is 19.3 Å². The quantitative estimate of drug-likeness (QED) is 0.730. The van der Waals surface area contributed by atoms with Crippen molar-refractivity contribution in [3.8, 4) is 0 Å². The molecule has 15 heavy (non-hydrogen) atoms. The van der Waals surface area contributed by atoms with Crippen LogP contribution in [0.5, 0.6) is 0 Å². The Balaban J connectivity index is 1.88. The Labute approximate surface area is 95.8 Å². The molecular formula is C11H20N2OS. The van der Waals surface area contributed by atoms with Crippen LogP contribution in [0.4, 0.5) is 0 Å². The predicted octanol–water partition coefficient (Wildman–Crippen LogP) is 1.08. The zero-order chi connectivity index (χ0) is 10.7. The van der Waals surface area contributed by atoms with E-state index in [1.165, 1.54) is 0 Å². The van der Waals surface area contributed by atoms with Crippen molar-refractivity contribution < 1.29 is 4.79 Å². The molecule has 2 fully saturated rings. The SMILES string of the molecule is NC1CCCC(C(=O)N2CCSCC2)C1.